The fraction of sp³-hybridized carbons (Fsp3) is 0.389. The Bertz CT molecular complexity index is 772. The van der Waals surface area contributed by atoms with E-state index in [1.54, 1.807) is 16.2 Å². The third-order valence-electron chi connectivity index (χ3n) is 4.17. The third-order valence-corrected chi connectivity index (χ3v) is 5.39. The van der Waals surface area contributed by atoms with Gasteiger partial charge in [0.2, 0.25) is 0 Å². The summed E-state index contributed by atoms with van der Waals surface area (Å²) in [6, 6.07) is 9.64. The first kappa shape index (κ1) is 20.0. The lowest BCUT2D eigenvalue weighted by atomic mass is 10.1. The molecule has 2 heterocycles. The average molecular weight is 419 g/mol. The number of ether oxygens (including phenoxy) is 1. The fourth-order valence-electron chi connectivity index (χ4n) is 2.81. The van der Waals surface area contributed by atoms with Gasteiger partial charge in [-0.2, -0.15) is 13.2 Å². The van der Waals surface area contributed by atoms with Crippen molar-refractivity contribution in [1.82, 2.24) is 9.80 Å². The van der Waals surface area contributed by atoms with Crippen molar-refractivity contribution in [2.24, 2.45) is 0 Å². The van der Waals surface area contributed by atoms with Gasteiger partial charge in [0.15, 0.2) is 6.61 Å². The molecule has 0 N–H and O–H groups in total. The van der Waals surface area contributed by atoms with Crippen molar-refractivity contribution in [2.45, 2.75) is 12.7 Å². The molecule has 0 atom stereocenters. The van der Waals surface area contributed by atoms with Crippen LogP contribution in [-0.4, -0.2) is 54.7 Å². The molecule has 2 aromatic rings. The number of amides is 1. The zero-order valence-electron chi connectivity index (χ0n) is 14.3. The highest BCUT2D eigenvalue weighted by Crippen LogP contribution is 2.23. The summed E-state index contributed by atoms with van der Waals surface area (Å²) in [5.41, 5.74) is 0.438. The van der Waals surface area contributed by atoms with Crippen LogP contribution in [0.4, 0.5) is 13.2 Å². The van der Waals surface area contributed by atoms with Crippen molar-refractivity contribution in [1.29, 1.82) is 0 Å². The van der Waals surface area contributed by atoms with Crippen LogP contribution >= 0.6 is 22.9 Å². The second-order valence-corrected chi connectivity index (χ2v) is 8.00. The maximum Gasteiger partial charge on any atom is 0.422 e. The maximum atomic E-state index is 12.6. The molecule has 1 aliphatic rings. The molecule has 146 valence electrons. The van der Waals surface area contributed by atoms with Crippen LogP contribution in [-0.2, 0) is 6.54 Å². The molecule has 1 aliphatic heterocycles. The lowest BCUT2D eigenvalue weighted by Gasteiger charge is -2.34. The number of alkyl halides is 3. The molecule has 27 heavy (non-hydrogen) atoms. The first-order chi connectivity index (χ1) is 12.8. The Morgan fingerprint density at radius 3 is 2.30 bits per heavy atom. The zero-order valence-corrected chi connectivity index (χ0v) is 15.9. The molecule has 4 nitrogen and oxygen atoms in total. The van der Waals surface area contributed by atoms with Crippen LogP contribution in [0.2, 0.25) is 4.34 Å². The molecule has 9 heteroatoms. The number of carbonyl (C=O) groups excluding carboxylic acids is 1. The summed E-state index contributed by atoms with van der Waals surface area (Å²) in [6.07, 6.45) is -4.39. The number of nitrogens with zero attached hydrogens (tertiary/aromatic N) is 2. The van der Waals surface area contributed by atoms with Gasteiger partial charge in [0, 0.05) is 43.2 Å². The van der Waals surface area contributed by atoms with E-state index in [4.69, 9.17) is 11.6 Å². The molecule has 1 saturated heterocycles. The minimum atomic E-state index is -4.39. The van der Waals surface area contributed by atoms with E-state index in [2.05, 4.69) is 9.64 Å². The fourth-order valence-corrected chi connectivity index (χ4v) is 3.94. The van der Waals surface area contributed by atoms with E-state index in [9.17, 15) is 18.0 Å². The molecule has 1 fully saturated rings. The van der Waals surface area contributed by atoms with E-state index >= 15 is 0 Å². The summed E-state index contributed by atoms with van der Waals surface area (Å²) >= 11 is 7.50. The first-order valence-electron chi connectivity index (χ1n) is 8.36. The van der Waals surface area contributed by atoms with E-state index in [0.29, 0.717) is 18.7 Å². The lowest BCUT2D eigenvalue weighted by Crippen LogP contribution is -2.48. The number of piperazine rings is 1. The van der Waals surface area contributed by atoms with Crippen molar-refractivity contribution >= 4 is 28.8 Å². The van der Waals surface area contributed by atoms with Crippen molar-refractivity contribution in [2.75, 3.05) is 32.8 Å². The van der Waals surface area contributed by atoms with Crippen molar-refractivity contribution in [3.8, 4) is 5.75 Å². The molecule has 1 aromatic carbocycles. The minimum Gasteiger partial charge on any atom is -0.484 e. The molecule has 0 bridgehead atoms. The number of hydrogen-bond acceptors (Lipinski definition) is 4. The summed E-state index contributed by atoms with van der Waals surface area (Å²) in [7, 11) is 0. The first-order valence-corrected chi connectivity index (χ1v) is 9.55. The maximum absolute atomic E-state index is 12.6. The molecular weight excluding hydrogens is 401 g/mol. The largest absolute Gasteiger partial charge is 0.484 e. The summed E-state index contributed by atoms with van der Waals surface area (Å²) in [5, 5.41) is 0. The second-order valence-electron chi connectivity index (χ2n) is 6.20. The van der Waals surface area contributed by atoms with Gasteiger partial charge in [0.05, 0.1) is 4.34 Å². The van der Waals surface area contributed by atoms with Crippen molar-refractivity contribution in [3.63, 3.8) is 0 Å². The Kier molecular flexibility index (Phi) is 6.29. The standard InChI is InChI=1S/C18H18ClF3N2O2S/c19-16-6-5-15(27-16)11-23-7-9-24(10-8-23)17(25)13-1-3-14(4-2-13)26-12-18(20,21)22/h1-6H,7-12H2. The topological polar surface area (TPSA) is 32.8 Å². The Hall–Kier alpha value is -1.77. The number of benzene rings is 1. The van der Waals surface area contributed by atoms with Gasteiger partial charge in [-0.15, -0.1) is 11.3 Å². The van der Waals surface area contributed by atoms with E-state index in [-0.39, 0.29) is 11.7 Å². The average Bonchev–Trinajstić information content (AvgIpc) is 3.05. The van der Waals surface area contributed by atoms with Crippen molar-refractivity contribution in [3.05, 3.63) is 51.2 Å². The summed E-state index contributed by atoms with van der Waals surface area (Å²) in [6.45, 7) is 2.18. The second kappa shape index (κ2) is 8.50. The van der Waals surface area contributed by atoms with Crippen LogP contribution in [0.25, 0.3) is 0 Å². The summed E-state index contributed by atoms with van der Waals surface area (Å²) < 4.78 is 41.9. The quantitative estimate of drug-likeness (QED) is 0.725. The molecule has 0 radical (unpaired) electrons. The molecule has 0 spiro atoms. The molecular formula is C18H18ClF3N2O2S. The number of carbonyl (C=O) groups is 1. The summed E-state index contributed by atoms with van der Waals surface area (Å²) in [4.78, 5) is 17.8. The predicted octanol–water partition coefficient (Wildman–Crippen LogP) is 4.30. The summed E-state index contributed by atoms with van der Waals surface area (Å²) in [5.74, 6) is -0.0421. The van der Waals surface area contributed by atoms with Gasteiger partial charge in [-0.05, 0) is 36.4 Å². The molecule has 3 rings (SSSR count). The van der Waals surface area contributed by atoms with Crippen molar-refractivity contribution < 1.29 is 22.7 Å². The Morgan fingerprint density at radius 1 is 1.07 bits per heavy atom. The van der Waals surface area contributed by atoms with Gasteiger partial charge in [-0.3, -0.25) is 9.69 Å². The number of thiophene rings is 1. The van der Waals surface area contributed by atoms with E-state index in [1.807, 2.05) is 12.1 Å². The third kappa shape index (κ3) is 5.85. The van der Waals surface area contributed by atoms with Crippen LogP contribution in [0.15, 0.2) is 36.4 Å². The van der Waals surface area contributed by atoms with Gasteiger partial charge < -0.3 is 9.64 Å². The SMILES string of the molecule is O=C(c1ccc(OCC(F)(F)F)cc1)N1CCN(Cc2ccc(Cl)s2)CC1. The highest BCUT2D eigenvalue weighted by Gasteiger charge is 2.28. The van der Waals surface area contributed by atoms with Crippen LogP contribution in [0.5, 0.6) is 5.75 Å². The van der Waals surface area contributed by atoms with Gasteiger partial charge in [-0.25, -0.2) is 0 Å². The van der Waals surface area contributed by atoms with E-state index in [0.717, 1.165) is 24.0 Å². The van der Waals surface area contributed by atoms with Gasteiger partial charge in [0.1, 0.15) is 5.75 Å². The van der Waals surface area contributed by atoms with E-state index < -0.39 is 12.8 Å². The van der Waals surface area contributed by atoms with Crippen LogP contribution in [0, 0.1) is 0 Å². The van der Waals surface area contributed by atoms with Crippen LogP contribution in [0.3, 0.4) is 0 Å². The smallest absolute Gasteiger partial charge is 0.422 e. The Balaban J connectivity index is 1.50. The number of hydrogen-bond donors (Lipinski definition) is 0. The predicted molar refractivity (Wildman–Crippen MR) is 98.5 cm³/mol. The Morgan fingerprint density at radius 2 is 1.74 bits per heavy atom. The highest BCUT2D eigenvalue weighted by atomic mass is 35.5. The molecule has 0 saturated carbocycles. The normalized spacial score (nSPS) is 15.8. The lowest BCUT2D eigenvalue weighted by molar-refractivity contribution is -0.153. The zero-order chi connectivity index (χ0) is 19.4. The molecule has 1 amide bonds. The number of halogens is 4. The van der Waals surface area contributed by atoms with E-state index in [1.165, 1.54) is 29.1 Å². The van der Waals surface area contributed by atoms with Gasteiger partial charge in [-0.1, -0.05) is 11.6 Å². The van der Waals surface area contributed by atoms with Gasteiger partial charge in [0.25, 0.3) is 5.91 Å². The van der Waals surface area contributed by atoms with Gasteiger partial charge >= 0.3 is 6.18 Å². The molecule has 0 aliphatic carbocycles. The van der Waals surface area contributed by atoms with Crippen LogP contribution in [0.1, 0.15) is 15.2 Å². The molecule has 0 unspecified atom stereocenters. The minimum absolute atomic E-state index is 0.0864. The number of rotatable bonds is 5. The highest BCUT2D eigenvalue weighted by molar-refractivity contribution is 7.16. The Labute approximate surface area is 164 Å². The monoisotopic (exact) mass is 418 g/mol. The molecule has 1 aromatic heterocycles. The van der Waals surface area contributed by atoms with Crippen LogP contribution < -0.4 is 4.74 Å².